The normalized spacial score (nSPS) is 16.0. The van der Waals surface area contributed by atoms with Crippen LogP contribution in [0.15, 0.2) is 36.7 Å². The fraction of sp³-hybridized carbons (Fsp3) is 0.381. The molecule has 1 atom stereocenters. The molecule has 10 nitrogen and oxygen atoms in total. The molecule has 0 radical (unpaired) electrons. The minimum Gasteiger partial charge on any atom is -0.384 e. The average molecular weight is 441 g/mol. The zero-order chi connectivity index (χ0) is 22.7. The number of benzene rings is 1. The van der Waals surface area contributed by atoms with Crippen molar-refractivity contribution in [3.05, 3.63) is 59.6 Å². The Hall–Kier alpha value is -3.60. The van der Waals surface area contributed by atoms with Gasteiger partial charge in [0.05, 0.1) is 18.8 Å². The Balaban J connectivity index is 1.41. The first kappa shape index (κ1) is 21.6. The van der Waals surface area contributed by atoms with Gasteiger partial charge in [-0.25, -0.2) is 18.7 Å². The summed E-state index contributed by atoms with van der Waals surface area (Å²) < 4.78 is 22.1. The van der Waals surface area contributed by atoms with Gasteiger partial charge in [0.2, 0.25) is 5.82 Å². The van der Waals surface area contributed by atoms with Gasteiger partial charge in [0.25, 0.3) is 11.8 Å². The largest absolute Gasteiger partial charge is 0.384 e. The number of carbonyl (C=O) groups is 2. The molecular weight excluding hydrogens is 417 g/mol. The average Bonchev–Trinajstić information content (AvgIpc) is 3.40. The van der Waals surface area contributed by atoms with Crippen molar-refractivity contribution in [2.24, 2.45) is 0 Å². The monoisotopic (exact) mass is 441 g/mol. The lowest BCUT2D eigenvalue weighted by atomic mass is 10.2. The molecule has 1 N–H and O–H groups in total. The number of aromatic nitrogens is 5. The van der Waals surface area contributed by atoms with E-state index in [1.807, 2.05) is 6.07 Å². The predicted molar refractivity (Wildman–Crippen MR) is 113 cm³/mol. The van der Waals surface area contributed by atoms with E-state index in [0.717, 1.165) is 5.69 Å². The van der Waals surface area contributed by atoms with Crippen LogP contribution in [0.4, 0.5) is 10.2 Å². The van der Waals surface area contributed by atoms with Crippen LogP contribution in [0.3, 0.4) is 0 Å². The summed E-state index contributed by atoms with van der Waals surface area (Å²) in [4.78, 5) is 31.1. The first-order chi connectivity index (χ1) is 15.5. The van der Waals surface area contributed by atoms with E-state index in [9.17, 15) is 14.0 Å². The SMILES string of the molecule is COCCc1cc2n(n1)CC[C@@H](NC(=O)c1ncn(Cc3ccccc3F)n1)C(=O)N2C. The van der Waals surface area contributed by atoms with E-state index < -0.39 is 11.9 Å². The molecule has 168 valence electrons. The third kappa shape index (κ3) is 4.52. The molecule has 0 bridgehead atoms. The predicted octanol–water partition coefficient (Wildman–Crippen LogP) is 1.02. The maximum atomic E-state index is 13.8. The number of nitrogens with one attached hydrogen (secondary N) is 1. The number of carbonyl (C=O) groups excluding carboxylic acids is 2. The lowest BCUT2D eigenvalue weighted by Gasteiger charge is -2.19. The lowest BCUT2D eigenvalue weighted by molar-refractivity contribution is -0.120. The van der Waals surface area contributed by atoms with Gasteiger partial charge in [-0.3, -0.25) is 14.5 Å². The van der Waals surface area contributed by atoms with Gasteiger partial charge in [0, 0.05) is 38.8 Å². The van der Waals surface area contributed by atoms with Gasteiger partial charge < -0.3 is 10.1 Å². The Morgan fingerprint density at radius 1 is 1.31 bits per heavy atom. The molecule has 2 aromatic heterocycles. The van der Waals surface area contributed by atoms with Crippen molar-refractivity contribution in [2.45, 2.75) is 32.0 Å². The third-order valence-corrected chi connectivity index (χ3v) is 5.31. The molecule has 3 aromatic rings. The molecule has 11 heteroatoms. The second-order valence-electron chi connectivity index (χ2n) is 7.53. The van der Waals surface area contributed by atoms with E-state index in [4.69, 9.17) is 4.74 Å². The smallest absolute Gasteiger partial charge is 0.291 e. The van der Waals surface area contributed by atoms with Crippen LogP contribution < -0.4 is 10.2 Å². The summed E-state index contributed by atoms with van der Waals surface area (Å²) in [5.74, 6) is -0.583. The highest BCUT2D eigenvalue weighted by molar-refractivity contribution is 6.00. The molecule has 4 rings (SSSR count). The number of hydrogen-bond acceptors (Lipinski definition) is 6. The minimum atomic E-state index is -0.741. The van der Waals surface area contributed by atoms with Crippen molar-refractivity contribution in [3.8, 4) is 0 Å². The number of hydrogen-bond donors (Lipinski definition) is 1. The van der Waals surface area contributed by atoms with Crippen LogP contribution in [0.1, 0.15) is 28.3 Å². The van der Waals surface area contributed by atoms with Crippen LogP contribution in [-0.2, 0) is 29.0 Å². The molecule has 0 unspecified atom stereocenters. The molecule has 0 saturated carbocycles. The second-order valence-corrected chi connectivity index (χ2v) is 7.53. The van der Waals surface area contributed by atoms with E-state index in [2.05, 4.69) is 20.5 Å². The maximum absolute atomic E-state index is 13.8. The molecule has 1 aromatic carbocycles. The number of amides is 2. The molecule has 0 spiro atoms. The van der Waals surface area contributed by atoms with Crippen molar-refractivity contribution in [1.82, 2.24) is 29.9 Å². The zero-order valence-electron chi connectivity index (χ0n) is 17.9. The Kier molecular flexibility index (Phi) is 6.26. The van der Waals surface area contributed by atoms with Crippen LogP contribution in [0.2, 0.25) is 0 Å². The summed E-state index contributed by atoms with van der Waals surface area (Å²) in [5, 5.41) is 11.4. The molecule has 1 aliphatic rings. The standard InChI is InChI=1S/C21H24FN7O3/c1-27-18-11-15(8-10-32-2)25-29(18)9-7-17(21(27)31)24-20(30)19-23-13-28(26-19)12-14-5-3-4-6-16(14)22/h3-6,11,13,17H,7-10,12H2,1-2H3,(H,24,30)/t17-/m1/s1. The fourth-order valence-electron chi connectivity index (χ4n) is 3.58. The number of anilines is 1. The Morgan fingerprint density at radius 2 is 2.12 bits per heavy atom. The zero-order valence-corrected chi connectivity index (χ0v) is 17.9. The fourth-order valence-corrected chi connectivity index (χ4v) is 3.58. The van der Waals surface area contributed by atoms with Crippen LogP contribution >= 0.6 is 0 Å². The molecule has 2 amide bonds. The van der Waals surface area contributed by atoms with Crippen molar-refractivity contribution in [2.75, 3.05) is 25.7 Å². The highest BCUT2D eigenvalue weighted by Gasteiger charge is 2.31. The molecular formula is C21H24FN7O3. The van der Waals surface area contributed by atoms with E-state index in [0.29, 0.717) is 37.4 Å². The highest BCUT2D eigenvalue weighted by atomic mass is 19.1. The number of nitrogens with zero attached hydrogens (tertiary/aromatic N) is 6. The summed E-state index contributed by atoms with van der Waals surface area (Å²) in [6.45, 7) is 1.16. The Bertz CT molecular complexity index is 1130. The number of methoxy groups -OCH3 is 1. The quantitative estimate of drug-likeness (QED) is 0.587. The minimum absolute atomic E-state index is 0.0828. The van der Waals surface area contributed by atoms with Gasteiger partial charge in [0.15, 0.2) is 0 Å². The van der Waals surface area contributed by atoms with Crippen molar-refractivity contribution >= 4 is 17.6 Å². The van der Waals surface area contributed by atoms with Gasteiger partial charge >= 0.3 is 0 Å². The van der Waals surface area contributed by atoms with Crippen LogP contribution in [-0.4, -0.2) is 63.2 Å². The third-order valence-electron chi connectivity index (χ3n) is 5.31. The summed E-state index contributed by atoms with van der Waals surface area (Å²) in [6, 6.07) is 7.44. The van der Waals surface area contributed by atoms with Crippen LogP contribution in [0.25, 0.3) is 0 Å². The Labute approximate surface area is 184 Å². The van der Waals surface area contributed by atoms with Gasteiger partial charge in [-0.15, -0.1) is 5.10 Å². The first-order valence-corrected chi connectivity index (χ1v) is 10.2. The molecule has 0 fully saturated rings. The van der Waals surface area contributed by atoms with E-state index in [1.165, 1.54) is 22.0 Å². The topological polar surface area (TPSA) is 107 Å². The summed E-state index contributed by atoms with van der Waals surface area (Å²) in [5.41, 5.74) is 1.28. The van der Waals surface area contributed by atoms with Crippen molar-refractivity contribution in [1.29, 1.82) is 0 Å². The highest BCUT2D eigenvalue weighted by Crippen LogP contribution is 2.21. The van der Waals surface area contributed by atoms with Crippen LogP contribution in [0, 0.1) is 5.82 Å². The second kappa shape index (κ2) is 9.27. The molecule has 32 heavy (non-hydrogen) atoms. The number of fused-ring (bicyclic) bond motifs is 1. The van der Waals surface area contributed by atoms with E-state index >= 15 is 0 Å². The molecule has 3 heterocycles. The number of halogens is 1. The number of likely N-dealkylation sites (N-methyl/N-ethyl adjacent to an activating group) is 1. The molecule has 0 aliphatic carbocycles. The van der Waals surface area contributed by atoms with Gasteiger partial charge in [-0.2, -0.15) is 5.10 Å². The van der Waals surface area contributed by atoms with Gasteiger partial charge in [0.1, 0.15) is 24.0 Å². The van der Waals surface area contributed by atoms with E-state index in [-0.39, 0.29) is 24.1 Å². The van der Waals surface area contributed by atoms with Gasteiger partial charge in [-0.1, -0.05) is 18.2 Å². The lowest BCUT2D eigenvalue weighted by Crippen LogP contribution is -2.47. The van der Waals surface area contributed by atoms with E-state index in [1.54, 1.807) is 37.0 Å². The number of rotatable bonds is 7. The first-order valence-electron chi connectivity index (χ1n) is 10.2. The number of aryl methyl sites for hydroxylation is 1. The molecule has 0 saturated heterocycles. The number of ether oxygens (including phenoxy) is 1. The van der Waals surface area contributed by atoms with Crippen molar-refractivity contribution < 1.29 is 18.7 Å². The summed E-state index contributed by atoms with van der Waals surface area (Å²) in [6.07, 6.45) is 2.39. The van der Waals surface area contributed by atoms with Gasteiger partial charge in [-0.05, 0) is 12.5 Å². The summed E-state index contributed by atoms with van der Waals surface area (Å²) in [7, 11) is 3.28. The van der Waals surface area contributed by atoms with Crippen LogP contribution in [0.5, 0.6) is 0 Å². The maximum Gasteiger partial charge on any atom is 0.291 e. The van der Waals surface area contributed by atoms with Crippen molar-refractivity contribution in [3.63, 3.8) is 0 Å². The molecule has 1 aliphatic heterocycles. The summed E-state index contributed by atoms with van der Waals surface area (Å²) >= 11 is 0. The Morgan fingerprint density at radius 3 is 2.91 bits per heavy atom.